The number of carbonyl (C=O) groups excluding carboxylic acids is 2. The molecule has 3 heterocycles. The fourth-order valence-electron chi connectivity index (χ4n) is 5.32. The maximum Gasteiger partial charge on any atom is 0.251 e. The number of likely N-dealkylation sites (N-methyl/N-ethyl adjacent to an activating group) is 1. The van der Waals surface area contributed by atoms with Crippen LogP contribution in [-0.2, 0) is 16.0 Å². The number of benzene rings is 1. The first-order chi connectivity index (χ1) is 13.1. The molecule has 0 radical (unpaired) electrons. The molecule has 4 atom stereocenters. The van der Waals surface area contributed by atoms with Crippen molar-refractivity contribution in [1.29, 1.82) is 0 Å². The van der Waals surface area contributed by atoms with Crippen molar-refractivity contribution in [2.45, 2.75) is 37.9 Å². The molecule has 1 aromatic rings. The molecule has 3 fully saturated rings. The smallest absolute Gasteiger partial charge is 0.251 e. The summed E-state index contributed by atoms with van der Waals surface area (Å²) in [7, 11) is 1.67. The molecule has 3 aliphatic heterocycles. The number of carbonyl (C=O) groups is 2. The van der Waals surface area contributed by atoms with E-state index in [9.17, 15) is 9.59 Å². The normalized spacial score (nSPS) is 31.7. The van der Waals surface area contributed by atoms with E-state index in [4.69, 9.17) is 4.74 Å². The zero-order valence-electron chi connectivity index (χ0n) is 16.2. The standard InChI is InChI=1S/C21H29N3O3/c1-3-14-6-4-5-7-15(14)20(26)23-10-16-17-11-24(12-19(25)22-2)13-21(17)9-8-18(16)27-21/h4-7,16-18H,3,8-13H2,1-2H3,(H,22,25)(H,23,26)/t16-,17+,18+,21+/m0/s1. The molecule has 6 nitrogen and oxygen atoms in total. The van der Waals surface area contributed by atoms with Crippen LogP contribution in [0.25, 0.3) is 0 Å². The monoisotopic (exact) mass is 371 g/mol. The lowest BCUT2D eigenvalue weighted by atomic mass is 9.73. The lowest BCUT2D eigenvalue weighted by Crippen LogP contribution is -2.42. The zero-order chi connectivity index (χ0) is 19.0. The Bertz CT molecular complexity index is 737. The van der Waals surface area contributed by atoms with Crippen LogP contribution >= 0.6 is 0 Å². The highest BCUT2D eigenvalue weighted by molar-refractivity contribution is 5.95. The second kappa shape index (κ2) is 7.24. The van der Waals surface area contributed by atoms with Crippen LogP contribution in [0, 0.1) is 11.8 Å². The Morgan fingerprint density at radius 2 is 2.15 bits per heavy atom. The predicted molar refractivity (Wildman–Crippen MR) is 102 cm³/mol. The summed E-state index contributed by atoms with van der Waals surface area (Å²) in [5.41, 5.74) is 1.73. The highest BCUT2D eigenvalue weighted by atomic mass is 16.5. The maximum absolute atomic E-state index is 12.7. The van der Waals surface area contributed by atoms with E-state index in [-0.39, 0.29) is 23.5 Å². The van der Waals surface area contributed by atoms with Gasteiger partial charge in [-0.2, -0.15) is 0 Å². The number of fused-ring (bicyclic) bond motifs is 1. The lowest BCUT2D eigenvalue weighted by molar-refractivity contribution is -0.121. The number of hydrogen-bond acceptors (Lipinski definition) is 4. The van der Waals surface area contributed by atoms with Crippen molar-refractivity contribution >= 4 is 11.8 Å². The minimum atomic E-state index is -0.116. The molecule has 2 N–H and O–H groups in total. The van der Waals surface area contributed by atoms with Gasteiger partial charge in [0.25, 0.3) is 5.91 Å². The molecule has 4 rings (SSSR count). The van der Waals surface area contributed by atoms with Gasteiger partial charge in [0.1, 0.15) is 0 Å². The highest BCUT2D eigenvalue weighted by Crippen LogP contribution is 2.54. The first kappa shape index (κ1) is 18.4. The average molecular weight is 371 g/mol. The molecule has 0 saturated carbocycles. The molecule has 27 heavy (non-hydrogen) atoms. The van der Waals surface area contributed by atoms with Gasteiger partial charge in [-0.15, -0.1) is 0 Å². The van der Waals surface area contributed by atoms with Crippen molar-refractivity contribution < 1.29 is 14.3 Å². The molecule has 146 valence electrons. The molecule has 0 unspecified atom stereocenters. The Labute approximate surface area is 160 Å². The number of amides is 2. The summed E-state index contributed by atoms with van der Waals surface area (Å²) in [6.45, 7) is 4.83. The summed E-state index contributed by atoms with van der Waals surface area (Å²) in [5, 5.41) is 5.86. The van der Waals surface area contributed by atoms with E-state index in [0.717, 1.165) is 43.5 Å². The van der Waals surface area contributed by atoms with E-state index >= 15 is 0 Å². The van der Waals surface area contributed by atoms with Gasteiger partial charge in [-0.3, -0.25) is 14.5 Å². The van der Waals surface area contributed by atoms with Crippen molar-refractivity contribution in [3.05, 3.63) is 35.4 Å². The van der Waals surface area contributed by atoms with Crippen LogP contribution in [0.5, 0.6) is 0 Å². The number of ether oxygens (including phenoxy) is 1. The summed E-state index contributed by atoms with van der Waals surface area (Å²) in [6, 6.07) is 7.80. The van der Waals surface area contributed by atoms with Gasteiger partial charge in [0.15, 0.2) is 0 Å². The van der Waals surface area contributed by atoms with Gasteiger partial charge in [-0.05, 0) is 30.9 Å². The third kappa shape index (κ3) is 3.25. The van der Waals surface area contributed by atoms with Crippen LogP contribution in [-0.4, -0.2) is 61.6 Å². The fraction of sp³-hybridized carbons (Fsp3) is 0.619. The minimum Gasteiger partial charge on any atom is -0.370 e. The van der Waals surface area contributed by atoms with Crippen LogP contribution in [0.15, 0.2) is 24.3 Å². The Kier molecular flexibility index (Phi) is 4.95. The lowest BCUT2D eigenvalue weighted by Gasteiger charge is -2.29. The Hall–Kier alpha value is -1.92. The van der Waals surface area contributed by atoms with Crippen molar-refractivity contribution in [3.63, 3.8) is 0 Å². The molecular formula is C21H29N3O3. The third-order valence-electron chi connectivity index (χ3n) is 6.64. The van der Waals surface area contributed by atoms with Crippen molar-refractivity contribution in [2.75, 3.05) is 33.2 Å². The van der Waals surface area contributed by atoms with Gasteiger partial charge in [-0.25, -0.2) is 0 Å². The van der Waals surface area contributed by atoms with Crippen LogP contribution in [0.4, 0.5) is 0 Å². The number of hydrogen-bond donors (Lipinski definition) is 2. The van der Waals surface area contributed by atoms with E-state index in [1.807, 2.05) is 24.3 Å². The van der Waals surface area contributed by atoms with Crippen molar-refractivity contribution in [1.82, 2.24) is 15.5 Å². The molecule has 3 saturated heterocycles. The average Bonchev–Trinajstić information content (AvgIpc) is 3.33. The molecule has 3 aliphatic rings. The predicted octanol–water partition coefficient (Wildman–Crippen LogP) is 1.20. The third-order valence-corrected chi connectivity index (χ3v) is 6.64. The number of rotatable bonds is 6. The molecular weight excluding hydrogens is 342 g/mol. The van der Waals surface area contributed by atoms with Gasteiger partial charge in [0, 0.05) is 44.1 Å². The van der Waals surface area contributed by atoms with Gasteiger partial charge in [-0.1, -0.05) is 25.1 Å². The Morgan fingerprint density at radius 1 is 1.33 bits per heavy atom. The molecule has 2 bridgehead atoms. The summed E-state index contributed by atoms with van der Waals surface area (Å²) < 4.78 is 6.40. The summed E-state index contributed by atoms with van der Waals surface area (Å²) in [6.07, 6.45) is 3.20. The first-order valence-electron chi connectivity index (χ1n) is 10.0. The van der Waals surface area contributed by atoms with Gasteiger partial charge in [0.2, 0.25) is 5.91 Å². The second-order valence-electron chi connectivity index (χ2n) is 8.09. The zero-order valence-corrected chi connectivity index (χ0v) is 16.2. The van der Waals surface area contributed by atoms with Crippen LogP contribution < -0.4 is 10.6 Å². The summed E-state index contributed by atoms with van der Waals surface area (Å²) in [5.74, 6) is 0.764. The molecule has 6 heteroatoms. The highest BCUT2D eigenvalue weighted by Gasteiger charge is 2.62. The van der Waals surface area contributed by atoms with E-state index in [2.05, 4.69) is 22.5 Å². The molecule has 0 aliphatic carbocycles. The van der Waals surface area contributed by atoms with Crippen LogP contribution in [0.2, 0.25) is 0 Å². The van der Waals surface area contributed by atoms with E-state index in [0.29, 0.717) is 24.9 Å². The second-order valence-corrected chi connectivity index (χ2v) is 8.09. The first-order valence-corrected chi connectivity index (χ1v) is 10.0. The number of nitrogens with one attached hydrogen (secondary N) is 2. The van der Waals surface area contributed by atoms with Crippen LogP contribution in [0.1, 0.15) is 35.7 Å². The maximum atomic E-state index is 12.7. The number of aryl methyl sites for hydroxylation is 1. The SMILES string of the molecule is CCc1ccccc1C(=O)NC[C@H]1[C@H]2CN(CC(=O)NC)C[C@]23CC[C@H]1O3. The van der Waals surface area contributed by atoms with E-state index < -0.39 is 0 Å². The largest absolute Gasteiger partial charge is 0.370 e. The van der Waals surface area contributed by atoms with Gasteiger partial charge < -0.3 is 15.4 Å². The van der Waals surface area contributed by atoms with Gasteiger partial charge in [0.05, 0.1) is 18.2 Å². The summed E-state index contributed by atoms with van der Waals surface area (Å²) in [4.78, 5) is 26.7. The Balaban J connectivity index is 1.41. The number of nitrogens with zero attached hydrogens (tertiary/aromatic N) is 1. The van der Waals surface area contributed by atoms with Crippen molar-refractivity contribution in [3.8, 4) is 0 Å². The molecule has 0 aromatic heterocycles. The van der Waals surface area contributed by atoms with Crippen LogP contribution in [0.3, 0.4) is 0 Å². The topological polar surface area (TPSA) is 70.7 Å². The molecule has 1 aromatic carbocycles. The molecule has 2 amide bonds. The number of likely N-dealkylation sites (tertiary alicyclic amines) is 1. The van der Waals surface area contributed by atoms with Gasteiger partial charge >= 0.3 is 0 Å². The molecule has 1 spiro atoms. The minimum absolute atomic E-state index is 0.00415. The summed E-state index contributed by atoms with van der Waals surface area (Å²) >= 11 is 0. The van der Waals surface area contributed by atoms with Crippen molar-refractivity contribution in [2.24, 2.45) is 11.8 Å². The van der Waals surface area contributed by atoms with E-state index in [1.165, 1.54) is 0 Å². The van der Waals surface area contributed by atoms with E-state index in [1.54, 1.807) is 7.05 Å². The Morgan fingerprint density at radius 3 is 2.93 bits per heavy atom. The fourth-order valence-corrected chi connectivity index (χ4v) is 5.32. The quantitative estimate of drug-likeness (QED) is 0.788.